The summed E-state index contributed by atoms with van der Waals surface area (Å²) in [6, 6.07) is 8.46. The van der Waals surface area contributed by atoms with Crippen molar-refractivity contribution in [2.75, 3.05) is 6.54 Å². The molecule has 3 nitrogen and oxygen atoms in total. The van der Waals surface area contributed by atoms with Crippen LogP contribution in [0.25, 0.3) is 0 Å². The van der Waals surface area contributed by atoms with E-state index in [1.807, 2.05) is 0 Å². The Bertz CT molecular complexity index is 419. The van der Waals surface area contributed by atoms with Gasteiger partial charge in [0.05, 0.1) is 0 Å². The second kappa shape index (κ2) is 6.16. The molecule has 1 aromatic rings. The molecule has 18 heavy (non-hydrogen) atoms. The molecular formula is C14H21N3S. The number of benzene rings is 1. The van der Waals surface area contributed by atoms with Gasteiger partial charge >= 0.3 is 0 Å². The van der Waals surface area contributed by atoms with Gasteiger partial charge in [-0.3, -0.25) is 5.32 Å². The lowest BCUT2D eigenvalue weighted by atomic mass is 10.1. The Morgan fingerprint density at radius 2 is 2.22 bits per heavy atom. The van der Waals surface area contributed by atoms with Gasteiger partial charge in [-0.05, 0) is 29.8 Å². The van der Waals surface area contributed by atoms with Crippen LogP contribution >= 0.6 is 12.2 Å². The maximum atomic E-state index is 5.87. The standard InChI is InChI=1S/C14H21N3S/c1-2-3-6-9-17(14(15)18)13-12-8-5-4-7-11(12)10-16-13/h4-5,7-8,13,16H,2-3,6,9-10H2,1H3,(H2,15,18). The average Bonchev–Trinajstić information content (AvgIpc) is 2.78. The summed E-state index contributed by atoms with van der Waals surface area (Å²) in [7, 11) is 0. The zero-order valence-corrected chi connectivity index (χ0v) is 11.7. The fourth-order valence-electron chi connectivity index (χ4n) is 2.46. The molecule has 1 aromatic carbocycles. The smallest absolute Gasteiger partial charge is 0.167 e. The third-order valence-corrected chi connectivity index (χ3v) is 3.67. The van der Waals surface area contributed by atoms with Gasteiger partial charge in [0.25, 0.3) is 0 Å². The lowest BCUT2D eigenvalue weighted by molar-refractivity contribution is 0.279. The first-order valence-corrected chi connectivity index (χ1v) is 7.02. The first-order valence-electron chi connectivity index (χ1n) is 6.61. The number of unbranched alkanes of at least 4 members (excludes halogenated alkanes) is 2. The molecule has 0 bridgehead atoms. The molecule has 2 rings (SSSR count). The summed E-state index contributed by atoms with van der Waals surface area (Å²) in [5, 5.41) is 3.98. The Balaban J connectivity index is 2.10. The van der Waals surface area contributed by atoms with E-state index in [0.717, 1.165) is 19.5 Å². The van der Waals surface area contributed by atoms with Crippen LogP contribution in [-0.4, -0.2) is 16.6 Å². The summed E-state index contributed by atoms with van der Waals surface area (Å²) < 4.78 is 0. The minimum atomic E-state index is 0.149. The number of rotatable bonds is 5. The number of thiocarbonyl (C=S) groups is 1. The summed E-state index contributed by atoms with van der Waals surface area (Å²) >= 11 is 5.20. The number of hydrogen-bond donors (Lipinski definition) is 2. The second-order valence-corrected chi connectivity index (χ2v) is 5.14. The minimum absolute atomic E-state index is 0.149. The zero-order chi connectivity index (χ0) is 13.0. The molecule has 0 aliphatic carbocycles. The number of nitrogens with one attached hydrogen (secondary N) is 1. The normalized spacial score (nSPS) is 17.5. The fourth-order valence-corrected chi connectivity index (χ4v) is 2.65. The zero-order valence-electron chi connectivity index (χ0n) is 10.9. The van der Waals surface area contributed by atoms with Crippen LogP contribution in [0.3, 0.4) is 0 Å². The van der Waals surface area contributed by atoms with Crippen LogP contribution in [0.4, 0.5) is 0 Å². The third kappa shape index (κ3) is 2.82. The predicted molar refractivity (Wildman–Crippen MR) is 79.0 cm³/mol. The average molecular weight is 263 g/mol. The SMILES string of the molecule is CCCCCN(C(N)=S)C1NCc2ccccc21. The molecule has 0 radical (unpaired) electrons. The van der Waals surface area contributed by atoms with E-state index in [4.69, 9.17) is 18.0 Å². The van der Waals surface area contributed by atoms with E-state index >= 15 is 0 Å². The molecule has 3 N–H and O–H groups in total. The summed E-state index contributed by atoms with van der Waals surface area (Å²) in [5.41, 5.74) is 8.53. The van der Waals surface area contributed by atoms with E-state index in [9.17, 15) is 0 Å². The van der Waals surface area contributed by atoms with Crippen molar-refractivity contribution in [2.45, 2.75) is 38.9 Å². The van der Waals surface area contributed by atoms with Gasteiger partial charge in [0.1, 0.15) is 6.17 Å². The highest BCUT2D eigenvalue weighted by molar-refractivity contribution is 7.80. The molecule has 0 aromatic heterocycles. The highest BCUT2D eigenvalue weighted by Crippen LogP contribution is 2.28. The van der Waals surface area contributed by atoms with Crippen molar-refractivity contribution < 1.29 is 0 Å². The molecule has 4 heteroatoms. The number of hydrogen-bond acceptors (Lipinski definition) is 2. The topological polar surface area (TPSA) is 41.3 Å². The van der Waals surface area contributed by atoms with Crippen molar-refractivity contribution in [3.63, 3.8) is 0 Å². The summed E-state index contributed by atoms with van der Waals surface area (Å²) in [6.07, 6.45) is 3.71. The van der Waals surface area contributed by atoms with E-state index in [1.54, 1.807) is 0 Å². The molecule has 1 unspecified atom stereocenters. The number of nitrogens with two attached hydrogens (primary N) is 1. The number of fused-ring (bicyclic) bond motifs is 1. The van der Waals surface area contributed by atoms with Crippen molar-refractivity contribution in [2.24, 2.45) is 5.73 Å². The Kier molecular flexibility index (Phi) is 4.55. The fraction of sp³-hybridized carbons (Fsp3) is 0.500. The van der Waals surface area contributed by atoms with E-state index in [-0.39, 0.29) is 6.17 Å². The van der Waals surface area contributed by atoms with Gasteiger partial charge in [0, 0.05) is 13.1 Å². The first-order chi connectivity index (χ1) is 8.74. The first kappa shape index (κ1) is 13.3. The van der Waals surface area contributed by atoms with Crippen molar-refractivity contribution in [1.29, 1.82) is 0 Å². The molecule has 1 heterocycles. The Morgan fingerprint density at radius 3 is 2.94 bits per heavy atom. The number of nitrogens with zero attached hydrogens (tertiary/aromatic N) is 1. The van der Waals surface area contributed by atoms with E-state index < -0.39 is 0 Å². The van der Waals surface area contributed by atoms with Crippen molar-refractivity contribution >= 4 is 17.3 Å². The molecule has 0 amide bonds. The monoisotopic (exact) mass is 263 g/mol. The summed E-state index contributed by atoms with van der Waals surface area (Å²) in [6.45, 7) is 4.02. The van der Waals surface area contributed by atoms with Crippen LogP contribution in [0.5, 0.6) is 0 Å². The van der Waals surface area contributed by atoms with Crippen LogP contribution in [0.15, 0.2) is 24.3 Å². The minimum Gasteiger partial charge on any atom is -0.376 e. The van der Waals surface area contributed by atoms with E-state index in [0.29, 0.717) is 5.11 Å². The largest absolute Gasteiger partial charge is 0.376 e. The molecule has 0 saturated heterocycles. The van der Waals surface area contributed by atoms with Gasteiger partial charge in [-0.1, -0.05) is 44.0 Å². The van der Waals surface area contributed by atoms with Crippen LogP contribution < -0.4 is 11.1 Å². The van der Waals surface area contributed by atoms with Gasteiger partial charge in [0.15, 0.2) is 5.11 Å². The van der Waals surface area contributed by atoms with Gasteiger partial charge in [-0.25, -0.2) is 0 Å². The molecule has 0 spiro atoms. The van der Waals surface area contributed by atoms with Crippen molar-refractivity contribution in [1.82, 2.24) is 10.2 Å². The molecule has 1 atom stereocenters. The van der Waals surface area contributed by atoms with Crippen LogP contribution in [0.2, 0.25) is 0 Å². The lowest BCUT2D eigenvalue weighted by Gasteiger charge is -2.30. The third-order valence-electron chi connectivity index (χ3n) is 3.43. The molecule has 0 saturated carbocycles. The Morgan fingerprint density at radius 1 is 1.44 bits per heavy atom. The maximum absolute atomic E-state index is 5.87. The van der Waals surface area contributed by atoms with E-state index in [1.165, 1.54) is 24.0 Å². The molecule has 1 aliphatic rings. The van der Waals surface area contributed by atoms with Gasteiger partial charge < -0.3 is 10.6 Å². The van der Waals surface area contributed by atoms with Gasteiger partial charge in [-0.15, -0.1) is 0 Å². The highest BCUT2D eigenvalue weighted by Gasteiger charge is 2.27. The second-order valence-electron chi connectivity index (χ2n) is 4.72. The Hall–Kier alpha value is -1.13. The van der Waals surface area contributed by atoms with Gasteiger partial charge in [0.2, 0.25) is 0 Å². The molecule has 1 aliphatic heterocycles. The summed E-state index contributed by atoms with van der Waals surface area (Å²) in [5.74, 6) is 0. The predicted octanol–water partition coefficient (Wildman–Crippen LogP) is 2.52. The summed E-state index contributed by atoms with van der Waals surface area (Å²) in [4.78, 5) is 2.11. The molecular weight excluding hydrogens is 242 g/mol. The van der Waals surface area contributed by atoms with Crippen molar-refractivity contribution in [3.8, 4) is 0 Å². The van der Waals surface area contributed by atoms with Gasteiger partial charge in [-0.2, -0.15) is 0 Å². The maximum Gasteiger partial charge on any atom is 0.167 e. The lowest BCUT2D eigenvalue weighted by Crippen LogP contribution is -2.43. The van der Waals surface area contributed by atoms with Crippen LogP contribution in [0.1, 0.15) is 43.5 Å². The van der Waals surface area contributed by atoms with Crippen LogP contribution in [-0.2, 0) is 6.54 Å². The Labute approximate surface area is 114 Å². The highest BCUT2D eigenvalue weighted by atomic mass is 32.1. The molecule has 0 fully saturated rings. The quantitative estimate of drug-likeness (QED) is 0.633. The van der Waals surface area contributed by atoms with Crippen molar-refractivity contribution in [3.05, 3.63) is 35.4 Å². The molecule has 98 valence electrons. The van der Waals surface area contributed by atoms with E-state index in [2.05, 4.69) is 41.4 Å². The van der Waals surface area contributed by atoms with Crippen LogP contribution in [0, 0.1) is 0 Å².